The highest BCUT2D eigenvalue weighted by molar-refractivity contribution is 5.27. The average Bonchev–Trinajstić information content (AvgIpc) is 2.80. The van der Waals surface area contributed by atoms with E-state index >= 15 is 0 Å². The van der Waals surface area contributed by atoms with E-state index in [1.807, 2.05) is 0 Å². The first-order valence-corrected chi connectivity index (χ1v) is 5.20. The molecular formula is C12H15N. The number of rotatable bonds is 1. The summed E-state index contributed by atoms with van der Waals surface area (Å²) < 4.78 is 0. The van der Waals surface area contributed by atoms with Crippen LogP contribution in [-0.2, 0) is 5.54 Å². The predicted molar refractivity (Wildman–Crippen MR) is 53.5 cm³/mol. The molecule has 1 saturated heterocycles. The van der Waals surface area contributed by atoms with Gasteiger partial charge in [-0.3, -0.25) is 0 Å². The lowest BCUT2D eigenvalue weighted by atomic mass is 9.89. The van der Waals surface area contributed by atoms with E-state index < -0.39 is 0 Å². The van der Waals surface area contributed by atoms with E-state index in [-0.39, 0.29) is 0 Å². The van der Waals surface area contributed by atoms with E-state index in [2.05, 4.69) is 35.6 Å². The lowest BCUT2D eigenvalue weighted by Crippen LogP contribution is -2.37. The number of nitrogens with one attached hydrogen (secondary N) is 1. The van der Waals surface area contributed by atoms with Gasteiger partial charge in [0.15, 0.2) is 0 Å². The molecule has 2 bridgehead atoms. The molecule has 0 aromatic heterocycles. The Balaban J connectivity index is 2.00. The molecule has 1 aliphatic carbocycles. The number of piperidine rings is 1. The summed E-state index contributed by atoms with van der Waals surface area (Å²) in [5.41, 5.74) is 1.85. The van der Waals surface area contributed by atoms with Gasteiger partial charge < -0.3 is 5.32 Å². The van der Waals surface area contributed by atoms with Crippen molar-refractivity contribution in [1.29, 1.82) is 0 Å². The molecule has 2 aliphatic rings. The van der Waals surface area contributed by atoms with Crippen molar-refractivity contribution in [1.82, 2.24) is 5.32 Å². The lowest BCUT2D eigenvalue weighted by molar-refractivity contribution is 0.373. The molecule has 1 N–H and O–H groups in total. The average molecular weight is 173 g/mol. The zero-order valence-electron chi connectivity index (χ0n) is 7.79. The van der Waals surface area contributed by atoms with Gasteiger partial charge >= 0.3 is 0 Å². The summed E-state index contributed by atoms with van der Waals surface area (Å²) in [7, 11) is 0. The smallest absolute Gasteiger partial charge is 0.0437 e. The molecule has 68 valence electrons. The molecular weight excluding hydrogens is 158 g/mol. The molecule has 1 nitrogen and oxygen atoms in total. The molecule has 1 saturated carbocycles. The topological polar surface area (TPSA) is 12.0 Å². The first-order chi connectivity index (χ1) is 6.39. The minimum Gasteiger partial charge on any atom is -0.307 e. The molecule has 0 amide bonds. The Hall–Kier alpha value is -0.820. The van der Waals surface area contributed by atoms with Gasteiger partial charge in [0.05, 0.1) is 0 Å². The van der Waals surface area contributed by atoms with Crippen LogP contribution in [0.15, 0.2) is 30.3 Å². The summed E-state index contributed by atoms with van der Waals surface area (Å²) in [6.45, 7) is 1.23. The van der Waals surface area contributed by atoms with Crippen LogP contribution < -0.4 is 5.32 Å². The van der Waals surface area contributed by atoms with Crippen LogP contribution in [0.4, 0.5) is 0 Å². The highest BCUT2D eigenvalue weighted by Crippen LogP contribution is 2.46. The second-order valence-electron chi connectivity index (χ2n) is 4.44. The van der Waals surface area contributed by atoms with Crippen molar-refractivity contribution in [2.75, 3.05) is 6.54 Å². The Bertz CT molecular complexity index is 296. The van der Waals surface area contributed by atoms with Crippen molar-refractivity contribution in [3.8, 4) is 0 Å². The van der Waals surface area contributed by atoms with Crippen LogP contribution in [0.2, 0.25) is 0 Å². The number of benzene rings is 1. The Morgan fingerprint density at radius 2 is 2.08 bits per heavy atom. The van der Waals surface area contributed by atoms with Crippen LogP contribution in [0, 0.1) is 5.92 Å². The largest absolute Gasteiger partial charge is 0.307 e. The first-order valence-electron chi connectivity index (χ1n) is 5.20. The molecule has 1 aromatic carbocycles. The summed E-state index contributed by atoms with van der Waals surface area (Å²) in [6.07, 6.45) is 4.11. The van der Waals surface area contributed by atoms with Crippen molar-refractivity contribution >= 4 is 0 Å². The minimum atomic E-state index is 0.353. The molecule has 1 aromatic rings. The van der Waals surface area contributed by atoms with E-state index in [1.165, 1.54) is 31.4 Å². The van der Waals surface area contributed by atoms with Crippen LogP contribution in [0.25, 0.3) is 0 Å². The Morgan fingerprint density at radius 3 is 2.62 bits per heavy atom. The maximum atomic E-state index is 3.69. The van der Waals surface area contributed by atoms with Gasteiger partial charge in [-0.1, -0.05) is 30.3 Å². The van der Waals surface area contributed by atoms with Gasteiger partial charge in [0.25, 0.3) is 0 Å². The predicted octanol–water partition coefficient (Wildman–Crippen LogP) is 2.29. The summed E-state index contributed by atoms with van der Waals surface area (Å²) in [4.78, 5) is 0. The molecule has 3 rings (SSSR count). The van der Waals surface area contributed by atoms with Gasteiger partial charge in [0.2, 0.25) is 0 Å². The third-order valence-electron chi connectivity index (χ3n) is 3.67. The number of hydrogen-bond acceptors (Lipinski definition) is 1. The van der Waals surface area contributed by atoms with E-state index in [1.54, 1.807) is 0 Å². The Morgan fingerprint density at radius 1 is 1.23 bits per heavy atom. The first kappa shape index (κ1) is 7.57. The van der Waals surface area contributed by atoms with Crippen LogP contribution >= 0.6 is 0 Å². The third kappa shape index (κ3) is 1.03. The molecule has 2 unspecified atom stereocenters. The van der Waals surface area contributed by atoms with E-state index in [4.69, 9.17) is 0 Å². The van der Waals surface area contributed by atoms with Crippen LogP contribution in [0.3, 0.4) is 0 Å². The second-order valence-corrected chi connectivity index (χ2v) is 4.44. The highest BCUT2D eigenvalue weighted by Gasteiger charge is 2.45. The van der Waals surface area contributed by atoms with Crippen LogP contribution in [-0.4, -0.2) is 6.54 Å². The molecule has 2 atom stereocenters. The van der Waals surface area contributed by atoms with Crippen molar-refractivity contribution < 1.29 is 0 Å². The van der Waals surface area contributed by atoms with Gasteiger partial charge in [-0.05, 0) is 37.3 Å². The number of fused-ring (bicyclic) bond motifs is 2. The van der Waals surface area contributed by atoms with Gasteiger partial charge in [-0.25, -0.2) is 0 Å². The van der Waals surface area contributed by atoms with Crippen molar-refractivity contribution in [2.45, 2.75) is 24.8 Å². The Labute approximate surface area is 79.2 Å². The third-order valence-corrected chi connectivity index (χ3v) is 3.67. The lowest BCUT2D eigenvalue weighted by Gasteiger charge is -2.28. The maximum Gasteiger partial charge on any atom is 0.0437 e. The standard InChI is InChI=1S/C12H15N/c1-2-4-11(5-3-1)12-7-6-10(8-12)9-13-12/h1-5,10,13H,6-9H2. The van der Waals surface area contributed by atoms with E-state index in [9.17, 15) is 0 Å². The molecule has 1 heterocycles. The summed E-state index contributed by atoms with van der Waals surface area (Å²) in [6, 6.07) is 10.9. The van der Waals surface area contributed by atoms with Gasteiger partial charge in [0, 0.05) is 5.54 Å². The minimum absolute atomic E-state index is 0.353. The molecule has 13 heavy (non-hydrogen) atoms. The summed E-state index contributed by atoms with van der Waals surface area (Å²) in [5.74, 6) is 0.945. The van der Waals surface area contributed by atoms with E-state index in [0.29, 0.717) is 5.54 Å². The van der Waals surface area contributed by atoms with Crippen molar-refractivity contribution in [2.24, 2.45) is 5.92 Å². The normalized spacial score (nSPS) is 36.8. The zero-order valence-corrected chi connectivity index (χ0v) is 7.79. The molecule has 0 radical (unpaired) electrons. The van der Waals surface area contributed by atoms with E-state index in [0.717, 1.165) is 5.92 Å². The molecule has 2 fully saturated rings. The summed E-state index contributed by atoms with van der Waals surface area (Å²) in [5, 5.41) is 3.69. The fraction of sp³-hybridized carbons (Fsp3) is 0.500. The van der Waals surface area contributed by atoms with Crippen LogP contribution in [0.1, 0.15) is 24.8 Å². The highest BCUT2D eigenvalue weighted by atomic mass is 15.0. The molecule has 1 aliphatic heterocycles. The quantitative estimate of drug-likeness (QED) is 0.687. The maximum absolute atomic E-state index is 3.69. The van der Waals surface area contributed by atoms with Crippen LogP contribution in [0.5, 0.6) is 0 Å². The van der Waals surface area contributed by atoms with Gasteiger partial charge in [-0.2, -0.15) is 0 Å². The van der Waals surface area contributed by atoms with Crippen molar-refractivity contribution in [3.05, 3.63) is 35.9 Å². The Kier molecular flexibility index (Phi) is 1.50. The zero-order chi connectivity index (χ0) is 8.73. The molecule has 1 heteroatoms. The second kappa shape index (κ2) is 2.58. The number of hydrogen-bond donors (Lipinski definition) is 1. The monoisotopic (exact) mass is 173 g/mol. The summed E-state index contributed by atoms with van der Waals surface area (Å²) >= 11 is 0. The molecule has 0 spiro atoms. The van der Waals surface area contributed by atoms with Gasteiger partial charge in [0.1, 0.15) is 0 Å². The fourth-order valence-electron chi connectivity index (χ4n) is 2.94. The van der Waals surface area contributed by atoms with Gasteiger partial charge in [-0.15, -0.1) is 0 Å². The van der Waals surface area contributed by atoms with Crippen molar-refractivity contribution in [3.63, 3.8) is 0 Å². The SMILES string of the molecule is c1ccc(C23CCC(CN2)C3)cc1. The fourth-order valence-corrected chi connectivity index (χ4v) is 2.94.